The minimum Gasteiger partial charge on any atom is -0.494 e. The van der Waals surface area contributed by atoms with Crippen molar-refractivity contribution in [1.82, 2.24) is 4.90 Å². The maximum atomic E-state index is 11.9. The summed E-state index contributed by atoms with van der Waals surface area (Å²) in [5, 5.41) is 9.10. The lowest BCUT2D eigenvalue weighted by Gasteiger charge is -2.25. The standard InChI is InChI=1S/C10H15NO4/c12-6-8-2-1-3-11(8)10(13)9-7-14-4-5-15-9/h7-8,12H,1-6H2/t8-/m1/s1. The summed E-state index contributed by atoms with van der Waals surface area (Å²) >= 11 is 0. The first-order chi connectivity index (χ1) is 7.33. The lowest BCUT2D eigenvalue weighted by atomic mass is 10.2. The van der Waals surface area contributed by atoms with E-state index in [4.69, 9.17) is 14.6 Å². The average Bonchev–Trinajstić information content (AvgIpc) is 2.77. The van der Waals surface area contributed by atoms with Crippen LogP contribution in [0.25, 0.3) is 0 Å². The summed E-state index contributed by atoms with van der Waals surface area (Å²) in [7, 11) is 0. The number of aliphatic hydroxyl groups excluding tert-OH is 1. The summed E-state index contributed by atoms with van der Waals surface area (Å²) in [5.74, 6) is 0.0767. The van der Waals surface area contributed by atoms with E-state index in [0.717, 1.165) is 12.8 Å². The maximum absolute atomic E-state index is 11.9. The summed E-state index contributed by atoms with van der Waals surface area (Å²) in [6.45, 7) is 1.60. The first kappa shape index (κ1) is 10.3. The molecule has 84 valence electrons. The van der Waals surface area contributed by atoms with Crippen LogP contribution in [-0.4, -0.2) is 48.3 Å². The smallest absolute Gasteiger partial charge is 0.292 e. The number of hydrogen-bond acceptors (Lipinski definition) is 4. The van der Waals surface area contributed by atoms with Crippen molar-refractivity contribution in [2.45, 2.75) is 18.9 Å². The monoisotopic (exact) mass is 213 g/mol. The van der Waals surface area contributed by atoms with Gasteiger partial charge in [-0.3, -0.25) is 4.79 Å². The predicted octanol–water partition coefficient (Wildman–Crippen LogP) is -0.142. The number of carbonyl (C=O) groups excluding carboxylic acids is 1. The average molecular weight is 213 g/mol. The van der Waals surface area contributed by atoms with Gasteiger partial charge in [0.1, 0.15) is 19.5 Å². The van der Waals surface area contributed by atoms with E-state index in [1.807, 2.05) is 0 Å². The molecule has 0 spiro atoms. The van der Waals surface area contributed by atoms with Gasteiger partial charge >= 0.3 is 0 Å². The van der Waals surface area contributed by atoms with Crippen LogP contribution in [0.1, 0.15) is 12.8 Å². The molecule has 2 heterocycles. The van der Waals surface area contributed by atoms with Crippen LogP contribution in [0.15, 0.2) is 12.0 Å². The highest BCUT2D eigenvalue weighted by atomic mass is 16.6. The molecule has 0 aromatic heterocycles. The third-order valence-electron chi connectivity index (χ3n) is 2.71. The highest BCUT2D eigenvalue weighted by Crippen LogP contribution is 2.20. The van der Waals surface area contributed by atoms with E-state index in [9.17, 15) is 4.79 Å². The Hall–Kier alpha value is -1.23. The van der Waals surface area contributed by atoms with Gasteiger partial charge in [0.2, 0.25) is 5.76 Å². The quantitative estimate of drug-likeness (QED) is 0.693. The van der Waals surface area contributed by atoms with E-state index in [1.165, 1.54) is 6.26 Å². The van der Waals surface area contributed by atoms with Crippen molar-refractivity contribution in [2.75, 3.05) is 26.4 Å². The molecule has 1 amide bonds. The van der Waals surface area contributed by atoms with Crippen LogP contribution < -0.4 is 0 Å². The third kappa shape index (κ3) is 2.07. The Bertz CT molecular complexity index is 277. The van der Waals surface area contributed by atoms with Gasteiger partial charge < -0.3 is 19.5 Å². The van der Waals surface area contributed by atoms with Gasteiger partial charge in [-0.1, -0.05) is 0 Å². The first-order valence-corrected chi connectivity index (χ1v) is 5.19. The number of ether oxygens (including phenoxy) is 2. The van der Waals surface area contributed by atoms with E-state index in [-0.39, 0.29) is 24.3 Å². The molecule has 2 rings (SSSR count). The van der Waals surface area contributed by atoms with Crippen molar-refractivity contribution in [3.05, 3.63) is 12.0 Å². The third-order valence-corrected chi connectivity index (χ3v) is 2.71. The molecule has 0 unspecified atom stereocenters. The normalized spacial score (nSPS) is 25.5. The highest BCUT2D eigenvalue weighted by Gasteiger charge is 2.31. The number of hydrogen-bond donors (Lipinski definition) is 1. The molecule has 1 N–H and O–H groups in total. The van der Waals surface area contributed by atoms with Crippen LogP contribution in [0.4, 0.5) is 0 Å². The van der Waals surface area contributed by atoms with E-state index in [0.29, 0.717) is 19.8 Å². The van der Waals surface area contributed by atoms with Crippen LogP contribution in [0, 0.1) is 0 Å². The molecule has 0 saturated carbocycles. The molecule has 0 bridgehead atoms. The molecule has 0 radical (unpaired) electrons. The van der Waals surface area contributed by atoms with E-state index >= 15 is 0 Å². The number of nitrogens with zero attached hydrogens (tertiary/aromatic N) is 1. The van der Waals surface area contributed by atoms with Crippen molar-refractivity contribution in [3.8, 4) is 0 Å². The number of amides is 1. The molecule has 0 aromatic carbocycles. The number of likely N-dealkylation sites (tertiary alicyclic amines) is 1. The molecule has 0 aliphatic carbocycles. The van der Waals surface area contributed by atoms with Crippen molar-refractivity contribution < 1.29 is 19.4 Å². The summed E-state index contributed by atoms with van der Waals surface area (Å²) in [6.07, 6.45) is 3.15. The number of aliphatic hydroxyl groups is 1. The number of rotatable bonds is 2. The maximum Gasteiger partial charge on any atom is 0.292 e. The molecule has 1 atom stereocenters. The van der Waals surface area contributed by atoms with Gasteiger partial charge in [0.05, 0.1) is 12.6 Å². The Morgan fingerprint density at radius 2 is 2.47 bits per heavy atom. The molecular formula is C10H15NO4. The van der Waals surface area contributed by atoms with E-state index in [1.54, 1.807) is 4.90 Å². The van der Waals surface area contributed by atoms with Crippen molar-refractivity contribution >= 4 is 5.91 Å². The second-order valence-corrected chi connectivity index (χ2v) is 3.68. The van der Waals surface area contributed by atoms with Crippen molar-refractivity contribution in [2.24, 2.45) is 0 Å². The zero-order valence-electron chi connectivity index (χ0n) is 8.52. The Morgan fingerprint density at radius 3 is 3.13 bits per heavy atom. The minimum atomic E-state index is -0.175. The molecular weight excluding hydrogens is 198 g/mol. The lowest BCUT2D eigenvalue weighted by Crippen LogP contribution is -2.39. The van der Waals surface area contributed by atoms with Gasteiger partial charge in [0, 0.05) is 6.54 Å². The minimum absolute atomic E-state index is 0.0138. The zero-order chi connectivity index (χ0) is 10.7. The van der Waals surface area contributed by atoms with Gasteiger partial charge in [-0.2, -0.15) is 0 Å². The van der Waals surface area contributed by atoms with Crippen molar-refractivity contribution in [1.29, 1.82) is 0 Å². The highest BCUT2D eigenvalue weighted by molar-refractivity contribution is 5.91. The molecule has 1 saturated heterocycles. The molecule has 5 heteroatoms. The summed E-state index contributed by atoms with van der Waals surface area (Å²) in [4.78, 5) is 13.6. The Morgan fingerprint density at radius 1 is 1.60 bits per heavy atom. The van der Waals surface area contributed by atoms with Gasteiger partial charge in [-0.05, 0) is 12.8 Å². The molecule has 2 aliphatic rings. The van der Waals surface area contributed by atoms with Gasteiger partial charge in [0.25, 0.3) is 5.91 Å². The van der Waals surface area contributed by atoms with Gasteiger partial charge in [0.15, 0.2) is 0 Å². The van der Waals surface area contributed by atoms with E-state index < -0.39 is 0 Å². The summed E-state index contributed by atoms with van der Waals surface area (Å²) < 4.78 is 10.2. The van der Waals surface area contributed by atoms with Crippen LogP contribution in [-0.2, 0) is 14.3 Å². The fourth-order valence-electron chi connectivity index (χ4n) is 1.91. The lowest BCUT2D eigenvalue weighted by molar-refractivity contribution is -0.133. The van der Waals surface area contributed by atoms with Crippen LogP contribution in [0.2, 0.25) is 0 Å². The van der Waals surface area contributed by atoms with Gasteiger partial charge in [-0.25, -0.2) is 0 Å². The zero-order valence-corrected chi connectivity index (χ0v) is 8.52. The number of carbonyl (C=O) groups is 1. The Balaban J connectivity index is 2.03. The van der Waals surface area contributed by atoms with E-state index in [2.05, 4.69) is 0 Å². The molecule has 15 heavy (non-hydrogen) atoms. The van der Waals surface area contributed by atoms with Crippen LogP contribution in [0.3, 0.4) is 0 Å². The van der Waals surface area contributed by atoms with Crippen LogP contribution in [0.5, 0.6) is 0 Å². The van der Waals surface area contributed by atoms with Crippen molar-refractivity contribution in [3.63, 3.8) is 0 Å². The van der Waals surface area contributed by atoms with Gasteiger partial charge in [-0.15, -0.1) is 0 Å². The predicted molar refractivity (Wildman–Crippen MR) is 51.8 cm³/mol. The Kier molecular flexibility index (Phi) is 3.11. The molecule has 1 fully saturated rings. The fraction of sp³-hybridized carbons (Fsp3) is 0.700. The molecule has 5 nitrogen and oxygen atoms in total. The SMILES string of the molecule is O=C(C1=COCCO1)N1CCC[C@@H]1CO. The second kappa shape index (κ2) is 4.53. The fourth-order valence-corrected chi connectivity index (χ4v) is 1.91. The Labute approximate surface area is 88.3 Å². The molecule has 2 aliphatic heterocycles. The first-order valence-electron chi connectivity index (χ1n) is 5.19. The largest absolute Gasteiger partial charge is 0.494 e. The topological polar surface area (TPSA) is 59.0 Å². The van der Waals surface area contributed by atoms with Crippen LogP contribution >= 0.6 is 0 Å². The summed E-state index contributed by atoms with van der Waals surface area (Å²) in [5.41, 5.74) is 0. The second-order valence-electron chi connectivity index (χ2n) is 3.68. The summed E-state index contributed by atoms with van der Waals surface area (Å²) in [6, 6.07) is -0.0658. The molecule has 0 aromatic rings.